The van der Waals surface area contributed by atoms with E-state index < -0.39 is 0 Å². The maximum Gasteiger partial charge on any atom is 0.273 e. The number of aromatic amines is 1. The van der Waals surface area contributed by atoms with E-state index in [1.165, 1.54) is 0 Å². The predicted molar refractivity (Wildman–Crippen MR) is 80.4 cm³/mol. The number of hydrogen-bond acceptors (Lipinski definition) is 2. The topological polar surface area (TPSA) is 50.7 Å². The van der Waals surface area contributed by atoms with Gasteiger partial charge in [-0.25, -0.2) is 5.10 Å². The van der Waals surface area contributed by atoms with Crippen LogP contribution >= 0.6 is 11.6 Å². The van der Waals surface area contributed by atoms with Crippen LogP contribution in [-0.2, 0) is 6.54 Å². The molecule has 2 aromatic heterocycles. The lowest BCUT2D eigenvalue weighted by Crippen LogP contribution is -2.08. The minimum Gasteiger partial charge on any atom is -0.343 e. The second-order valence-electron chi connectivity index (χ2n) is 4.87. The van der Waals surface area contributed by atoms with E-state index in [1.54, 1.807) is 6.20 Å². The molecular formula is C15H14ClN3O. The molecule has 0 aliphatic rings. The van der Waals surface area contributed by atoms with Crippen molar-refractivity contribution in [1.29, 1.82) is 0 Å². The fourth-order valence-electron chi connectivity index (χ4n) is 2.57. The van der Waals surface area contributed by atoms with Crippen LogP contribution in [0.15, 0.2) is 35.3 Å². The van der Waals surface area contributed by atoms with E-state index in [1.807, 2.05) is 38.1 Å². The molecule has 0 spiro atoms. The van der Waals surface area contributed by atoms with E-state index in [0.29, 0.717) is 11.9 Å². The Morgan fingerprint density at radius 1 is 1.20 bits per heavy atom. The highest BCUT2D eigenvalue weighted by Crippen LogP contribution is 2.23. The second kappa shape index (κ2) is 4.80. The van der Waals surface area contributed by atoms with Crippen LogP contribution in [0.2, 0.25) is 5.02 Å². The van der Waals surface area contributed by atoms with Crippen LogP contribution < -0.4 is 5.56 Å². The SMILES string of the molecule is Cc1c2cn[nH]c(=O)c2c(C)n1Cc1ccc(Cl)cc1. The zero-order valence-electron chi connectivity index (χ0n) is 11.3. The van der Waals surface area contributed by atoms with Gasteiger partial charge in [0.1, 0.15) is 0 Å². The van der Waals surface area contributed by atoms with Crippen molar-refractivity contribution in [2.24, 2.45) is 0 Å². The number of H-pyrrole nitrogens is 1. The Balaban J connectivity index is 2.15. The standard InChI is InChI=1S/C15H14ClN3O/c1-9-13-7-17-18-15(20)14(13)10(2)19(9)8-11-3-5-12(16)6-4-11/h3-7H,8H2,1-2H3,(H,18,20). The Morgan fingerprint density at radius 2 is 1.90 bits per heavy atom. The van der Waals surface area contributed by atoms with Gasteiger partial charge in [0.15, 0.2) is 0 Å². The molecule has 20 heavy (non-hydrogen) atoms. The Kier molecular flexibility index (Phi) is 3.10. The molecule has 0 amide bonds. The minimum atomic E-state index is -0.141. The normalized spacial score (nSPS) is 11.2. The maximum atomic E-state index is 11.9. The molecule has 4 nitrogen and oxygen atoms in total. The van der Waals surface area contributed by atoms with Crippen LogP contribution in [0.5, 0.6) is 0 Å². The summed E-state index contributed by atoms with van der Waals surface area (Å²) < 4.78 is 2.13. The van der Waals surface area contributed by atoms with E-state index in [4.69, 9.17) is 11.6 Å². The smallest absolute Gasteiger partial charge is 0.273 e. The van der Waals surface area contributed by atoms with Crippen molar-refractivity contribution in [3.63, 3.8) is 0 Å². The number of halogens is 1. The third-order valence-corrected chi connectivity index (χ3v) is 3.92. The van der Waals surface area contributed by atoms with Gasteiger partial charge in [0.2, 0.25) is 0 Å². The van der Waals surface area contributed by atoms with E-state index in [2.05, 4.69) is 14.8 Å². The second-order valence-corrected chi connectivity index (χ2v) is 5.31. The molecule has 5 heteroatoms. The molecule has 3 rings (SSSR count). The Morgan fingerprint density at radius 3 is 2.55 bits per heavy atom. The van der Waals surface area contributed by atoms with Gasteiger partial charge in [-0.1, -0.05) is 23.7 Å². The Labute approximate surface area is 121 Å². The lowest BCUT2D eigenvalue weighted by molar-refractivity contribution is 0.754. The molecule has 102 valence electrons. The van der Waals surface area contributed by atoms with E-state index in [9.17, 15) is 4.79 Å². The first-order chi connectivity index (χ1) is 9.58. The number of nitrogens with zero attached hydrogens (tertiary/aromatic N) is 2. The fourth-order valence-corrected chi connectivity index (χ4v) is 2.70. The van der Waals surface area contributed by atoms with E-state index in [0.717, 1.165) is 27.4 Å². The Hall–Kier alpha value is -2.07. The molecule has 1 N–H and O–H groups in total. The van der Waals surface area contributed by atoms with Gasteiger partial charge in [-0.05, 0) is 31.5 Å². The van der Waals surface area contributed by atoms with Crippen LogP contribution in [-0.4, -0.2) is 14.8 Å². The fraction of sp³-hybridized carbons (Fsp3) is 0.200. The van der Waals surface area contributed by atoms with Crippen LogP contribution in [0.1, 0.15) is 17.0 Å². The van der Waals surface area contributed by atoms with Crippen LogP contribution in [0.25, 0.3) is 10.8 Å². The van der Waals surface area contributed by atoms with Gasteiger partial charge in [-0.3, -0.25) is 4.79 Å². The molecule has 0 unspecified atom stereocenters. The molecule has 0 bridgehead atoms. The van der Waals surface area contributed by atoms with E-state index >= 15 is 0 Å². The number of aryl methyl sites for hydroxylation is 2. The minimum absolute atomic E-state index is 0.141. The highest BCUT2D eigenvalue weighted by molar-refractivity contribution is 6.30. The number of hydrogen-bond donors (Lipinski definition) is 1. The Bertz CT molecular complexity index is 831. The third-order valence-electron chi connectivity index (χ3n) is 3.67. The summed E-state index contributed by atoms with van der Waals surface area (Å²) in [6.07, 6.45) is 1.71. The van der Waals surface area contributed by atoms with Gasteiger partial charge in [-0.2, -0.15) is 5.10 Å². The van der Waals surface area contributed by atoms with Crippen molar-refractivity contribution in [3.8, 4) is 0 Å². The molecule has 0 aliphatic carbocycles. The summed E-state index contributed by atoms with van der Waals surface area (Å²) in [6.45, 7) is 4.68. The van der Waals surface area contributed by atoms with Gasteiger partial charge in [0.25, 0.3) is 5.56 Å². The molecule has 0 saturated carbocycles. The average molecular weight is 288 g/mol. The molecule has 0 saturated heterocycles. The zero-order chi connectivity index (χ0) is 14.3. The summed E-state index contributed by atoms with van der Waals surface area (Å²) in [4.78, 5) is 11.9. The van der Waals surface area contributed by atoms with Crippen molar-refractivity contribution < 1.29 is 0 Å². The molecule has 0 aliphatic heterocycles. The summed E-state index contributed by atoms with van der Waals surface area (Å²) in [5.41, 5.74) is 3.01. The summed E-state index contributed by atoms with van der Waals surface area (Å²) in [5.74, 6) is 0. The third kappa shape index (κ3) is 2.02. The highest BCUT2D eigenvalue weighted by atomic mass is 35.5. The van der Waals surface area contributed by atoms with Crippen LogP contribution in [0, 0.1) is 13.8 Å². The van der Waals surface area contributed by atoms with Crippen LogP contribution in [0.4, 0.5) is 0 Å². The predicted octanol–water partition coefficient (Wildman–Crippen LogP) is 3.04. The first-order valence-electron chi connectivity index (χ1n) is 6.35. The van der Waals surface area contributed by atoms with Gasteiger partial charge >= 0.3 is 0 Å². The summed E-state index contributed by atoms with van der Waals surface area (Å²) in [7, 11) is 0. The van der Waals surface area contributed by atoms with Gasteiger partial charge in [0.05, 0.1) is 11.6 Å². The molecule has 0 fully saturated rings. The molecule has 2 heterocycles. The van der Waals surface area contributed by atoms with Crippen molar-refractivity contribution in [2.75, 3.05) is 0 Å². The van der Waals surface area contributed by atoms with Crippen LogP contribution in [0.3, 0.4) is 0 Å². The molecule has 1 aromatic carbocycles. The molecule has 3 aromatic rings. The molecular weight excluding hydrogens is 274 g/mol. The lowest BCUT2D eigenvalue weighted by atomic mass is 10.2. The van der Waals surface area contributed by atoms with Gasteiger partial charge < -0.3 is 4.57 Å². The number of fused-ring (bicyclic) bond motifs is 1. The first kappa shape index (κ1) is 12.9. The van der Waals surface area contributed by atoms with Crippen molar-refractivity contribution >= 4 is 22.4 Å². The van der Waals surface area contributed by atoms with Gasteiger partial charge in [0, 0.05) is 28.3 Å². The largest absolute Gasteiger partial charge is 0.343 e. The monoisotopic (exact) mass is 287 g/mol. The van der Waals surface area contributed by atoms with E-state index in [-0.39, 0.29) is 5.56 Å². The lowest BCUT2D eigenvalue weighted by Gasteiger charge is -2.09. The number of nitrogens with one attached hydrogen (secondary N) is 1. The highest BCUT2D eigenvalue weighted by Gasteiger charge is 2.14. The average Bonchev–Trinajstić information content (AvgIpc) is 2.67. The van der Waals surface area contributed by atoms with Crippen molar-refractivity contribution in [3.05, 3.63) is 62.8 Å². The summed E-state index contributed by atoms with van der Waals surface area (Å²) in [5, 5.41) is 8.71. The number of aromatic nitrogens is 3. The summed E-state index contributed by atoms with van der Waals surface area (Å²) in [6, 6.07) is 7.74. The first-order valence-corrected chi connectivity index (χ1v) is 6.73. The number of rotatable bonds is 2. The van der Waals surface area contributed by atoms with Crippen molar-refractivity contribution in [2.45, 2.75) is 20.4 Å². The maximum absolute atomic E-state index is 11.9. The quantitative estimate of drug-likeness (QED) is 0.787. The molecule has 0 atom stereocenters. The summed E-state index contributed by atoms with van der Waals surface area (Å²) >= 11 is 5.90. The number of benzene rings is 1. The van der Waals surface area contributed by atoms with Gasteiger partial charge in [-0.15, -0.1) is 0 Å². The van der Waals surface area contributed by atoms with Crippen molar-refractivity contribution in [1.82, 2.24) is 14.8 Å². The molecule has 0 radical (unpaired) electrons. The zero-order valence-corrected chi connectivity index (χ0v) is 12.0.